The van der Waals surface area contributed by atoms with Gasteiger partial charge < -0.3 is 5.73 Å². The van der Waals surface area contributed by atoms with Crippen molar-refractivity contribution in [2.75, 3.05) is 5.73 Å². The summed E-state index contributed by atoms with van der Waals surface area (Å²) in [5.41, 5.74) is 9.50. The maximum absolute atomic E-state index is 6.28. The molecular weight excluding hydrogens is 354 g/mol. The molecule has 7 heteroatoms. The molecule has 4 rings (SSSR count). The molecule has 0 bridgehead atoms. The van der Waals surface area contributed by atoms with Crippen LogP contribution in [0.1, 0.15) is 11.1 Å². The van der Waals surface area contributed by atoms with Gasteiger partial charge in [-0.2, -0.15) is 5.10 Å². The molecule has 0 unspecified atom stereocenters. The number of aromatic nitrogens is 3. The molecule has 0 spiro atoms. The van der Waals surface area contributed by atoms with Crippen molar-refractivity contribution < 1.29 is 0 Å². The first-order valence-corrected chi connectivity index (χ1v) is 8.86. The number of imidazole rings is 1. The minimum Gasteiger partial charge on any atom is -0.368 e. The van der Waals surface area contributed by atoms with Gasteiger partial charge in [0, 0.05) is 10.9 Å². The molecule has 0 aliphatic heterocycles. The SMILES string of the molecule is Cc1ccc2nc(Cl)c(/C=N/n3cc(-c4cccs4)nc3N)cc2c1. The minimum atomic E-state index is 0.320. The fourth-order valence-electron chi connectivity index (χ4n) is 2.52. The van der Waals surface area contributed by atoms with Crippen molar-refractivity contribution >= 4 is 46.0 Å². The number of hydrogen-bond donors (Lipinski definition) is 1. The summed E-state index contributed by atoms with van der Waals surface area (Å²) in [6.45, 7) is 2.04. The second kappa shape index (κ2) is 6.31. The number of rotatable bonds is 3. The molecule has 0 fully saturated rings. The molecule has 0 amide bonds. The van der Waals surface area contributed by atoms with Gasteiger partial charge in [-0.3, -0.25) is 0 Å². The summed E-state index contributed by atoms with van der Waals surface area (Å²) in [5.74, 6) is 0.320. The van der Waals surface area contributed by atoms with Gasteiger partial charge in [-0.25, -0.2) is 14.6 Å². The van der Waals surface area contributed by atoms with E-state index in [1.54, 1.807) is 23.7 Å². The number of aryl methyl sites for hydroxylation is 1. The molecular formula is C18H14ClN5S. The van der Waals surface area contributed by atoms with Crippen molar-refractivity contribution in [3.63, 3.8) is 0 Å². The van der Waals surface area contributed by atoms with Crippen molar-refractivity contribution in [2.24, 2.45) is 5.10 Å². The Kier molecular flexibility index (Phi) is 3.99. The van der Waals surface area contributed by atoms with Crippen molar-refractivity contribution in [3.8, 4) is 10.6 Å². The minimum absolute atomic E-state index is 0.320. The first-order valence-electron chi connectivity index (χ1n) is 7.60. The van der Waals surface area contributed by atoms with Crippen LogP contribution in [0.4, 0.5) is 5.95 Å². The van der Waals surface area contributed by atoms with Gasteiger partial charge in [0.25, 0.3) is 0 Å². The first-order chi connectivity index (χ1) is 12.1. The maximum Gasteiger partial charge on any atom is 0.221 e. The molecule has 3 heterocycles. The van der Waals surface area contributed by atoms with Gasteiger partial charge in [0.15, 0.2) is 0 Å². The Labute approximate surface area is 153 Å². The Morgan fingerprint density at radius 3 is 2.92 bits per heavy atom. The predicted molar refractivity (Wildman–Crippen MR) is 104 cm³/mol. The summed E-state index contributed by atoms with van der Waals surface area (Å²) < 4.78 is 1.53. The van der Waals surface area contributed by atoms with Crippen molar-refractivity contribution in [2.45, 2.75) is 6.92 Å². The first kappa shape index (κ1) is 15.8. The summed E-state index contributed by atoms with van der Waals surface area (Å²) in [4.78, 5) is 9.80. The molecule has 0 saturated heterocycles. The number of benzene rings is 1. The van der Waals surface area contributed by atoms with E-state index in [1.807, 2.05) is 42.6 Å². The Bertz CT molecular complexity index is 1080. The average Bonchev–Trinajstić information content (AvgIpc) is 3.23. The standard InChI is InChI=1S/C18H14ClN5S/c1-11-4-5-14-12(7-11)8-13(17(19)22-14)9-21-24-10-15(23-18(24)20)16-3-2-6-25-16/h2-10H,1H3,(H2,20,23)/b21-9+. The van der Waals surface area contributed by atoms with E-state index < -0.39 is 0 Å². The second-order valence-corrected chi connectivity index (χ2v) is 6.92. The maximum atomic E-state index is 6.28. The number of hydrogen-bond acceptors (Lipinski definition) is 5. The smallest absolute Gasteiger partial charge is 0.221 e. The van der Waals surface area contributed by atoms with E-state index in [2.05, 4.69) is 21.1 Å². The zero-order chi connectivity index (χ0) is 17.4. The predicted octanol–water partition coefficient (Wildman–Crippen LogP) is 4.59. The Morgan fingerprint density at radius 2 is 2.12 bits per heavy atom. The molecule has 0 radical (unpaired) electrons. The molecule has 0 aliphatic carbocycles. The molecule has 3 aromatic heterocycles. The van der Waals surface area contributed by atoms with Gasteiger partial charge in [-0.05, 0) is 36.6 Å². The van der Waals surface area contributed by atoms with Crippen molar-refractivity contribution in [1.29, 1.82) is 0 Å². The third kappa shape index (κ3) is 3.14. The second-order valence-electron chi connectivity index (χ2n) is 5.62. The lowest BCUT2D eigenvalue weighted by molar-refractivity contribution is 0.898. The summed E-state index contributed by atoms with van der Waals surface area (Å²) >= 11 is 7.88. The lowest BCUT2D eigenvalue weighted by Crippen LogP contribution is -1.97. The summed E-state index contributed by atoms with van der Waals surface area (Å²) in [6.07, 6.45) is 3.44. The van der Waals surface area contributed by atoms with E-state index in [1.165, 1.54) is 10.2 Å². The van der Waals surface area contributed by atoms with Crippen molar-refractivity contribution in [3.05, 3.63) is 64.3 Å². The van der Waals surface area contributed by atoms with Crippen LogP contribution in [0.2, 0.25) is 5.15 Å². The van der Waals surface area contributed by atoms with Crippen LogP contribution in [0, 0.1) is 6.92 Å². The van der Waals surface area contributed by atoms with Crippen LogP contribution in [0.5, 0.6) is 0 Å². The summed E-state index contributed by atoms with van der Waals surface area (Å²) in [7, 11) is 0. The van der Waals surface area contributed by atoms with Gasteiger partial charge >= 0.3 is 0 Å². The number of fused-ring (bicyclic) bond motifs is 1. The number of nitrogens with zero attached hydrogens (tertiary/aromatic N) is 4. The largest absolute Gasteiger partial charge is 0.368 e. The fourth-order valence-corrected chi connectivity index (χ4v) is 3.40. The Balaban J connectivity index is 1.70. The van der Waals surface area contributed by atoms with Gasteiger partial charge in [-0.15, -0.1) is 11.3 Å². The third-order valence-electron chi connectivity index (χ3n) is 3.76. The van der Waals surface area contributed by atoms with E-state index in [0.717, 1.165) is 27.0 Å². The molecule has 0 aliphatic rings. The Morgan fingerprint density at radius 1 is 1.24 bits per heavy atom. The Hall–Kier alpha value is -2.70. The lowest BCUT2D eigenvalue weighted by Gasteiger charge is -2.03. The zero-order valence-corrected chi connectivity index (χ0v) is 14.9. The van der Waals surface area contributed by atoms with E-state index in [-0.39, 0.29) is 0 Å². The van der Waals surface area contributed by atoms with Crippen LogP contribution in [0.3, 0.4) is 0 Å². The number of nitrogens with two attached hydrogens (primary N) is 1. The molecule has 25 heavy (non-hydrogen) atoms. The molecule has 4 aromatic rings. The molecule has 2 N–H and O–H groups in total. The number of nitrogen functional groups attached to an aromatic ring is 1. The number of pyridine rings is 1. The van der Waals surface area contributed by atoms with Crippen LogP contribution in [0.25, 0.3) is 21.5 Å². The van der Waals surface area contributed by atoms with E-state index in [0.29, 0.717) is 11.1 Å². The fraction of sp³-hybridized carbons (Fsp3) is 0.0556. The van der Waals surface area contributed by atoms with Crippen LogP contribution in [-0.4, -0.2) is 20.9 Å². The normalized spacial score (nSPS) is 11.6. The zero-order valence-electron chi connectivity index (χ0n) is 13.3. The van der Waals surface area contributed by atoms with Crippen LogP contribution in [0.15, 0.2) is 53.1 Å². The van der Waals surface area contributed by atoms with E-state index >= 15 is 0 Å². The van der Waals surface area contributed by atoms with Crippen LogP contribution >= 0.6 is 22.9 Å². The molecule has 5 nitrogen and oxygen atoms in total. The highest BCUT2D eigenvalue weighted by molar-refractivity contribution is 7.13. The highest BCUT2D eigenvalue weighted by Crippen LogP contribution is 2.25. The van der Waals surface area contributed by atoms with Gasteiger partial charge in [0.05, 0.1) is 22.8 Å². The van der Waals surface area contributed by atoms with Crippen LogP contribution < -0.4 is 5.73 Å². The number of halogens is 1. The average molecular weight is 368 g/mol. The van der Waals surface area contributed by atoms with Gasteiger partial charge in [-0.1, -0.05) is 29.3 Å². The lowest BCUT2D eigenvalue weighted by atomic mass is 10.1. The molecule has 0 saturated carbocycles. The van der Waals surface area contributed by atoms with Gasteiger partial charge in [0.2, 0.25) is 5.95 Å². The highest BCUT2D eigenvalue weighted by atomic mass is 35.5. The number of anilines is 1. The van der Waals surface area contributed by atoms with E-state index in [9.17, 15) is 0 Å². The molecule has 0 atom stereocenters. The number of thiophene rings is 1. The van der Waals surface area contributed by atoms with Gasteiger partial charge in [0.1, 0.15) is 10.8 Å². The summed E-state index contributed by atoms with van der Waals surface area (Å²) in [5, 5.41) is 7.79. The highest BCUT2D eigenvalue weighted by Gasteiger charge is 2.08. The quantitative estimate of drug-likeness (QED) is 0.425. The van der Waals surface area contributed by atoms with Crippen molar-refractivity contribution in [1.82, 2.24) is 14.6 Å². The molecule has 1 aromatic carbocycles. The molecule has 124 valence electrons. The summed E-state index contributed by atoms with van der Waals surface area (Å²) in [6, 6.07) is 12.0. The monoisotopic (exact) mass is 367 g/mol. The van der Waals surface area contributed by atoms with Crippen LogP contribution in [-0.2, 0) is 0 Å². The topological polar surface area (TPSA) is 69.1 Å². The van der Waals surface area contributed by atoms with E-state index in [4.69, 9.17) is 17.3 Å². The third-order valence-corrected chi connectivity index (χ3v) is 4.96.